The summed E-state index contributed by atoms with van der Waals surface area (Å²) in [6.07, 6.45) is 2.63. The lowest BCUT2D eigenvalue weighted by molar-refractivity contribution is -0.111. The molecule has 0 atom stereocenters. The second-order valence-corrected chi connectivity index (χ2v) is 8.48. The molecule has 1 heterocycles. The molecule has 162 valence electrons. The number of sulfone groups is 1. The number of carbonyl (C=O) groups excluding carboxylic acids is 1. The summed E-state index contributed by atoms with van der Waals surface area (Å²) in [5.41, 5.74) is 2.32. The Kier molecular flexibility index (Phi) is 6.30. The molecule has 0 aliphatic heterocycles. The largest absolute Gasteiger partial charge is 0.341 e. The third-order valence-corrected chi connectivity index (χ3v) is 5.94. The number of nitrogens with one attached hydrogen (secondary N) is 1. The highest BCUT2D eigenvalue weighted by Crippen LogP contribution is 2.26. The number of amides is 1. The highest BCUT2D eigenvalue weighted by Gasteiger charge is 2.29. The highest BCUT2D eigenvalue weighted by molar-refractivity contribution is 7.91. The number of halogens is 3. The van der Waals surface area contributed by atoms with Crippen LogP contribution < -0.4 is 5.32 Å². The number of alkyl halides is 2. The summed E-state index contributed by atoms with van der Waals surface area (Å²) in [5.74, 6) is -4.69. The van der Waals surface area contributed by atoms with Gasteiger partial charge in [-0.05, 0) is 56.3 Å². The molecule has 0 saturated carbocycles. The quantitative estimate of drug-likeness (QED) is 0.570. The number of rotatable bonds is 6. The van der Waals surface area contributed by atoms with Gasteiger partial charge in [0.15, 0.2) is 0 Å². The summed E-state index contributed by atoms with van der Waals surface area (Å²) in [6, 6.07) is 10.7. The van der Waals surface area contributed by atoms with Gasteiger partial charge >= 0.3 is 5.76 Å². The standard InChI is InChI=1S/C21H18F3N3O3S/c1-13-17(14(2)27(26-13)16-9-7-15(22)8-10-16)11-12-20(28)25-18-5-3-4-6-19(18)31(29,30)21(23)24/h3-12,21H,1-2H3,(H,25,28)/b12-11+. The molecule has 1 amide bonds. The Morgan fingerprint density at radius 3 is 2.39 bits per heavy atom. The molecule has 0 spiro atoms. The molecule has 3 rings (SSSR count). The molecule has 0 unspecified atom stereocenters. The van der Waals surface area contributed by atoms with Crippen molar-refractivity contribution < 1.29 is 26.4 Å². The lowest BCUT2D eigenvalue weighted by Crippen LogP contribution is -2.16. The molecule has 0 aliphatic carbocycles. The molecular formula is C21H18F3N3O3S. The maximum Gasteiger partial charge on any atom is 0.341 e. The van der Waals surface area contributed by atoms with E-state index in [4.69, 9.17) is 0 Å². The summed E-state index contributed by atoms with van der Waals surface area (Å²) in [5, 5.41) is 6.70. The van der Waals surface area contributed by atoms with Crippen LogP contribution in [0.5, 0.6) is 0 Å². The average Bonchev–Trinajstić information content (AvgIpc) is 3.00. The van der Waals surface area contributed by atoms with Gasteiger partial charge in [-0.3, -0.25) is 4.79 Å². The summed E-state index contributed by atoms with van der Waals surface area (Å²) in [7, 11) is -4.88. The van der Waals surface area contributed by atoms with Crippen molar-refractivity contribution in [1.29, 1.82) is 0 Å². The lowest BCUT2D eigenvalue weighted by Gasteiger charge is -2.10. The number of aryl methyl sites for hydroxylation is 1. The SMILES string of the molecule is Cc1nn(-c2ccc(F)cc2)c(C)c1/C=C/C(=O)Nc1ccccc1S(=O)(=O)C(F)F. The first-order valence-corrected chi connectivity index (χ1v) is 10.6. The molecule has 0 saturated heterocycles. The van der Waals surface area contributed by atoms with E-state index in [-0.39, 0.29) is 11.5 Å². The van der Waals surface area contributed by atoms with Gasteiger partial charge < -0.3 is 5.32 Å². The summed E-state index contributed by atoms with van der Waals surface area (Å²) >= 11 is 0. The molecule has 3 aromatic rings. The second-order valence-electron chi connectivity index (χ2n) is 6.60. The van der Waals surface area contributed by atoms with Gasteiger partial charge in [0.1, 0.15) is 5.82 Å². The van der Waals surface area contributed by atoms with E-state index in [1.54, 1.807) is 30.7 Å². The van der Waals surface area contributed by atoms with E-state index in [1.165, 1.54) is 36.4 Å². The fraction of sp³-hybridized carbons (Fsp3) is 0.143. The van der Waals surface area contributed by atoms with Gasteiger partial charge in [0.05, 0.1) is 22.0 Å². The van der Waals surface area contributed by atoms with Gasteiger partial charge in [-0.1, -0.05) is 12.1 Å². The minimum atomic E-state index is -4.88. The molecule has 0 fully saturated rings. The van der Waals surface area contributed by atoms with E-state index in [1.807, 2.05) is 0 Å². The number of hydrogen-bond acceptors (Lipinski definition) is 4. The fourth-order valence-electron chi connectivity index (χ4n) is 2.98. The van der Waals surface area contributed by atoms with Crippen molar-refractivity contribution in [1.82, 2.24) is 9.78 Å². The number of carbonyl (C=O) groups is 1. The van der Waals surface area contributed by atoms with Crippen molar-refractivity contribution in [3.8, 4) is 5.69 Å². The van der Waals surface area contributed by atoms with Crippen LogP contribution in [0, 0.1) is 19.7 Å². The first-order valence-electron chi connectivity index (χ1n) is 9.03. The molecule has 2 aromatic carbocycles. The number of benzene rings is 2. The number of para-hydroxylation sites is 1. The molecule has 0 bridgehead atoms. The predicted molar refractivity (Wildman–Crippen MR) is 110 cm³/mol. The second kappa shape index (κ2) is 8.76. The van der Waals surface area contributed by atoms with Gasteiger partial charge in [-0.2, -0.15) is 13.9 Å². The van der Waals surface area contributed by atoms with Gasteiger partial charge in [-0.25, -0.2) is 17.5 Å². The van der Waals surface area contributed by atoms with E-state index in [2.05, 4.69) is 10.4 Å². The number of anilines is 1. The van der Waals surface area contributed by atoms with Crippen LogP contribution in [0.15, 0.2) is 59.5 Å². The van der Waals surface area contributed by atoms with E-state index in [9.17, 15) is 26.4 Å². The third kappa shape index (κ3) is 4.69. The molecular weight excluding hydrogens is 431 g/mol. The van der Waals surface area contributed by atoms with Crippen molar-refractivity contribution in [2.45, 2.75) is 24.5 Å². The Bertz CT molecular complexity index is 1250. The highest BCUT2D eigenvalue weighted by atomic mass is 32.2. The molecule has 0 aliphatic rings. The topological polar surface area (TPSA) is 81.1 Å². The van der Waals surface area contributed by atoms with Crippen LogP contribution in [-0.4, -0.2) is 29.9 Å². The minimum absolute atomic E-state index is 0.243. The molecule has 6 nitrogen and oxygen atoms in total. The van der Waals surface area contributed by atoms with Crippen molar-refractivity contribution in [3.05, 3.63) is 77.4 Å². The monoisotopic (exact) mass is 449 g/mol. The van der Waals surface area contributed by atoms with E-state index in [0.29, 0.717) is 22.6 Å². The molecule has 31 heavy (non-hydrogen) atoms. The van der Waals surface area contributed by atoms with Gasteiger partial charge in [0.25, 0.3) is 0 Å². The Hall–Kier alpha value is -3.40. The molecule has 1 aromatic heterocycles. The number of aromatic nitrogens is 2. The summed E-state index contributed by atoms with van der Waals surface area (Å²) < 4.78 is 64.2. The fourth-order valence-corrected chi connectivity index (χ4v) is 3.86. The van der Waals surface area contributed by atoms with Gasteiger partial charge in [-0.15, -0.1) is 0 Å². The Labute approximate surface area is 176 Å². The maximum absolute atomic E-state index is 13.2. The molecule has 1 N–H and O–H groups in total. The maximum atomic E-state index is 13.2. The smallest absolute Gasteiger partial charge is 0.321 e. The predicted octanol–water partition coefficient (Wildman–Crippen LogP) is 4.28. The van der Waals surface area contributed by atoms with E-state index in [0.717, 1.165) is 12.1 Å². The van der Waals surface area contributed by atoms with Gasteiger partial charge in [0.2, 0.25) is 15.7 Å². The van der Waals surface area contributed by atoms with Crippen LogP contribution >= 0.6 is 0 Å². The normalized spacial score (nSPS) is 11.9. The summed E-state index contributed by atoms with van der Waals surface area (Å²) in [6.45, 7) is 3.50. The van der Waals surface area contributed by atoms with Crippen molar-refractivity contribution >= 4 is 27.5 Å². The van der Waals surface area contributed by atoms with E-state index >= 15 is 0 Å². The minimum Gasteiger partial charge on any atom is -0.321 e. The van der Waals surface area contributed by atoms with Crippen molar-refractivity contribution in [3.63, 3.8) is 0 Å². The summed E-state index contributed by atoms with van der Waals surface area (Å²) in [4.78, 5) is 11.7. The molecule has 10 heteroatoms. The van der Waals surface area contributed by atoms with Crippen LogP contribution in [0.4, 0.5) is 18.9 Å². The first-order chi connectivity index (χ1) is 14.6. The zero-order valence-electron chi connectivity index (χ0n) is 16.5. The van der Waals surface area contributed by atoms with Gasteiger partial charge in [0, 0.05) is 17.3 Å². The van der Waals surface area contributed by atoms with Crippen LogP contribution in [0.1, 0.15) is 17.0 Å². The first kappa shape index (κ1) is 22.3. The Morgan fingerprint density at radius 2 is 1.74 bits per heavy atom. The number of nitrogens with zero attached hydrogens (tertiary/aromatic N) is 2. The van der Waals surface area contributed by atoms with Crippen molar-refractivity contribution in [2.24, 2.45) is 0 Å². The van der Waals surface area contributed by atoms with E-state index < -0.39 is 26.4 Å². The lowest BCUT2D eigenvalue weighted by atomic mass is 10.2. The Balaban J connectivity index is 1.85. The third-order valence-electron chi connectivity index (χ3n) is 4.51. The Morgan fingerprint density at radius 1 is 1.10 bits per heavy atom. The van der Waals surface area contributed by atoms with Crippen LogP contribution in [0.2, 0.25) is 0 Å². The van der Waals surface area contributed by atoms with Crippen LogP contribution in [0.3, 0.4) is 0 Å². The zero-order valence-corrected chi connectivity index (χ0v) is 17.3. The van der Waals surface area contributed by atoms with Crippen molar-refractivity contribution in [2.75, 3.05) is 5.32 Å². The number of hydrogen-bond donors (Lipinski definition) is 1. The van der Waals surface area contributed by atoms with Crippen LogP contribution in [0.25, 0.3) is 11.8 Å². The molecule has 0 radical (unpaired) electrons. The van der Waals surface area contributed by atoms with Crippen LogP contribution in [-0.2, 0) is 14.6 Å². The zero-order chi connectivity index (χ0) is 22.8. The average molecular weight is 449 g/mol.